The van der Waals surface area contributed by atoms with Crippen molar-refractivity contribution in [3.05, 3.63) is 68.6 Å². The summed E-state index contributed by atoms with van der Waals surface area (Å²) in [5.41, 5.74) is 3.07. The van der Waals surface area contributed by atoms with E-state index in [4.69, 9.17) is 16.3 Å². The minimum Gasteiger partial charge on any atom is -0.370 e. The molecule has 1 aromatic carbocycles. The number of ether oxygens (including phenoxy) is 1. The molecule has 0 aliphatic carbocycles. The highest BCUT2D eigenvalue weighted by atomic mass is 127. The van der Waals surface area contributed by atoms with Crippen LogP contribution in [0.3, 0.4) is 0 Å². The van der Waals surface area contributed by atoms with Crippen molar-refractivity contribution >= 4 is 39.8 Å². The van der Waals surface area contributed by atoms with E-state index >= 15 is 0 Å². The highest BCUT2D eigenvalue weighted by Crippen LogP contribution is 2.19. The topological polar surface area (TPSA) is 26.5 Å². The maximum absolute atomic E-state index is 6.04. The van der Waals surface area contributed by atoms with Crippen LogP contribution in [-0.4, -0.2) is 9.38 Å². The molecule has 102 valence electrons. The molecule has 0 atom stereocenters. The van der Waals surface area contributed by atoms with Crippen LogP contribution >= 0.6 is 34.2 Å². The number of hydrogen-bond acceptors (Lipinski definition) is 2. The summed E-state index contributed by atoms with van der Waals surface area (Å²) in [6.07, 6.45) is 1.87. The van der Waals surface area contributed by atoms with E-state index < -0.39 is 0 Å². The lowest BCUT2D eigenvalue weighted by atomic mass is 10.2. The lowest BCUT2D eigenvalue weighted by Crippen LogP contribution is -1.99. The Morgan fingerprint density at radius 1 is 1.10 bits per heavy atom. The molecule has 0 aliphatic rings. The number of aromatic nitrogens is 2. The van der Waals surface area contributed by atoms with Gasteiger partial charge in [0.15, 0.2) is 0 Å². The Morgan fingerprint density at radius 2 is 1.90 bits per heavy atom. The normalized spacial score (nSPS) is 11.1. The summed E-state index contributed by atoms with van der Waals surface area (Å²) in [5.74, 6) is 0. The van der Waals surface area contributed by atoms with Crippen molar-refractivity contribution < 1.29 is 4.74 Å². The molecular weight excluding hydrogens is 387 g/mol. The standard InChI is InChI=1S/C15H12ClIN2O/c16-12-6-7-14-18-15(17)13(19(14)8-12)10-20-9-11-4-2-1-3-5-11/h1-8H,9-10H2. The second kappa shape index (κ2) is 6.11. The number of halogens is 2. The third kappa shape index (κ3) is 2.97. The van der Waals surface area contributed by atoms with Gasteiger partial charge in [-0.2, -0.15) is 0 Å². The Kier molecular flexibility index (Phi) is 4.24. The largest absolute Gasteiger partial charge is 0.370 e. The fourth-order valence-corrected chi connectivity index (χ4v) is 2.83. The Morgan fingerprint density at radius 3 is 2.70 bits per heavy atom. The van der Waals surface area contributed by atoms with Crippen LogP contribution in [-0.2, 0) is 18.0 Å². The molecule has 20 heavy (non-hydrogen) atoms. The monoisotopic (exact) mass is 398 g/mol. The Bertz CT molecular complexity index is 727. The number of benzene rings is 1. The molecule has 0 saturated heterocycles. The first-order valence-corrected chi connectivity index (χ1v) is 7.63. The second-order valence-corrected chi connectivity index (χ2v) is 5.86. The molecule has 2 heterocycles. The van der Waals surface area contributed by atoms with Gasteiger partial charge in [-0.1, -0.05) is 41.9 Å². The molecule has 0 radical (unpaired) electrons. The van der Waals surface area contributed by atoms with Crippen molar-refractivity contribution in [3.63, 3.8) is 0 Å². The molecule has 5 heteroatoms. The average Bonchev–Trinajstić information content (AvgIpc) is 2.76. The average molecular weight is 399 g/mol. The van der Waals surface area contributed by atoms with E-state index in [-0.39, 0.29) is 0 Å². The second-order valence-electron chi connectivity index (χ2n) is 4.40. The molecule has 0 unspecified atom stereocenters. The maximum atomic E-state index is 6.04. The summed E-state index contributed by atoms with van der Waals surface area (Å²) in [6.45, 7) is 1.10. The van der Waals surface area contributed by atoms with Gasteiger partial charge in [-0.05, 0) is 40.3 Å². The zero-order valence-corrected chi connectivity index (χ0v) is 13.5. The van der Waals surface area contributed by atoms with Crippen LogP contribution in [0.25, 0.3) is 5.65 Å². The van der Waals surface area contributed by atoms with Gasteiger partial charge < -0.3 is 4.74 Å². The van der Waals surface area contributed by atoms with Gasteiger partial charge in [0.25, 0.3) is 0 Å². The first-order chi connectivity index (χ1) is 9.74. The van der Waals surface area contributed by atoms with Crippen LogP contribution in [0.15, 0.2) is 48.7 Å². The van der Waals surface area contributed by atoms with Gasteiger partial charge >= 0.3 is 0 Å². The molecule has 0 bridgehead atoms. The van der Waals surface area contributed by atoms with E-state index in [9.17, 15) is 0 Å². The molecule has 3 nitrogen and oxygen atoms in total. The molecule has 3 rings (SSSR count). The van der Waals surface area contributed by atoms with Gasteiger partial charge in [0.1, 0.15) is 9.35 Å². The van der Waals surface area contributed by atoms with Crippen molar-refractivity contribution in [2.45, 2.75) is 13.2 Å². The van der Waals surface area contributed by atoms with Crippen LogP contribution < -0.4 is 0 Å². The van der Waals surface area contributed by atoms with Crippen molar-refractivity contribution in [1.29, 1.82) is 0 Å². The van der Waals surface area contributed by atoms with Crippen molar-refractivity contribution in [2.24, 2.45) is 0 Å². The SMILES string of the molecule is Clc1ccc2nc(I)c(COCc3ccccc3)n2c1. The Balaban J connectivity index is 1.77. The van der Waals surface area contributed by atoms with E-state index in [1.165, 1.54) is 0 Å². The van der Waals surface area contributed by atoms with Crippen LogP contribution in [0, 0.1) is 3.70 Å². The third-order valence-corrected chi connectivity index (χ3v) is 4.07. The van der Waals surface area contributed by atoms with Gasteiger partial charge in [0, 0.05) is 6.20 Å². The molecule has 0 N–H and O–H groups in total. The Labute approximate surface area is 135 Å². The van der Waals surface area contributed by atoms with E-state index in [1.54, 1.807) is 0 Å². The minimum atomic E-state index is 0.509. The molecule has 0 amide bonds. The van der Waals surface area contributed by atoms with Gasteiger partial charge in [-0.15, -0.1) is 0 Å². The molecule has 3 aromatic rings. The molecule has 0 aliphatic heterocycles. The highest BCUT2D eigenvalue weighted by molar-refractivity contribution is 14.1. The van der Waals surface area contributed by atoms with Gasteiger partial charge in [0.2, 0.25) is 0 Å². The van der Waals surface area contributed by atoms with Crippen LogP contribution in [0.2, 0.25) is 5.02 Å². The van der Waals surface area contributed by atoms with Gasteiger partial charge in [-0.3, -0.25) is 4.40 Å². The number of nitrogens with zero attached hydrogens (tertiary/aromatic N) is 2. The predicted octanol–water partition coefficient (Wildman–Crippen LogP) is 4.31. The summed E-state index contributed by atoms with van der Waals surface area (Å²) in [5, 5.41) is 0.690. The van der Waals surface area contributed by atoms with Crippen LogP contribution in [0.5, 0.6) is 0 Å². The first kappa shape index (κ1) is 13.9. The van der Waals surface area contributed by atoms with Gasteiger partial charge in [-0.25, -0.2) is 4.98 Å². The predicted molar refractivity (Wildman–Crippen MR) is 87.9 cm³/mol. The zero-order chi connectivity index (χ0) is 13.9. The van der Waals surface area contributed by atoms with Crippen LogP contribution in [0.4, 0.5) is 0 Å². The fourth-order valence-electron chi connectivity index (χ4n) is 2.01. The summed E-state index contributed by atoms with van der Waals surface area (Å²) in [6, 6.07) is 13.9. The number of rotatable bonds is 4. The Hall–Kier alpha value is -1.11. The number of pyridine rings is 1. The van der Waals surface area contributed by atoms with Crippen LogP contribution in [0.1, 0.15) is 11.3 Å². The lowest BCUT2D eigenvalue weighted by Gasteiger charge is -2.05. The zero-order valence-electron chi connectivity index (χ0n) is 10.6. The maximum Gasteiger partial charge on any atom is 0.138 e. The number of imidazole rings is 1. The fraction of sp³-hybridized carbons (Fsp3) is 0.133. The molecule has 0 fully saturated rings. The van der Waals surface area contributed by atoms with Gasteiger partial charge in [0.05, 0.1) is 23.9 Å². The number of hydrogen-bond donors (Lipinski definition) is 0. The molecule has 0 saturated carbocycles. The third-order valence-electron chi connectivity index (χ3n) is 2.98. The number of fused-ring (bicyclic) bond motifs is 1. The summed E-state index contributed by atoms with van der Waals surface area (Å²) < 4.78 is 8.71. The highest BCUT2D eigenvalue weighted by Gasteiger charge is 2.10. The summed E-state index contributed by atoms with van der Waals surface area (Å²) in [4.78, 5) is 4.49. The molecular formula is C15H12ClIN2O. The van der Waals surface area contributed by atoms with Crippen molar-refractivity contribution in [2.75, 3.05) is 0 Å². The van der Waals surface area contributed by atoms with Crippen molar-refractivity contribution in [3.8, 4) is 0 Å². The first-order valence-electron chi connectivity index (χ1n) is 6.18. The van der Waals surface area contributed by atoms with E-state index in [1.807, 2.05) is 40.9 Å². The smallest absolute Gasteiger partial charge is 0.138 e. The van der Waals surface area contributed by atoms with E-state index in [0.29, 0.717) is 18.2 Å². The lowest BCUT2D eigenvalue weighted by molar-refractivity contribution is 0.103. The minimum absolute atomic E-state index is 0.509. The van der Waals surface area contributed by atoms with Crippen molar-refractivity contribution in [1.82, 2.24) is 9.38 Å². The van der Waals surface area contributed by atoms with E-state index in [0.717, 1.165) is 20.6 Å². The molecule has 2 aromatic heterocycles. The molecule has 0 spiro atoms. The van der Waals surface area contributed by atoms with E-state index in [2.05, 4.69) is 39.7 Å². The summed E-state index contributed by atoms with van der Waals surface area (Å²) >= 11 is 8.26. The quantitative estimate of drug-likeness (QED) is 0.612. The summed E-state index contributed by atoms with van der Waals surface area (Å²) in [7, 11) is 0.